The van der Waals surface area contributed by atoms with E-state index in [1.54, 1.807) is 26.8 Å². The second-order valence-electron chi connectivity index (χ2n) is 8.91. The predicted molar refractivity (Wildman–Crippen MR) is 125 cm³/mol. The molecule has 4 nitrogen and oxygen atoms in total. The van der Waals surface area contributed by atoms with Gasteiger partial charge in [-0.05, 0) is 57.2 Å². The van der Waals surface area contributed by atoms with Crippen molar-refractivity contribution in [1.29, 1.82) is 0 Å². The van der Waals surface area contributed by atoms with Gasteiger partial charge in [0.15, 0.2) is 0 Å². The number of carbonyl (C=O) groups excluding carboxylic acids is 2. The van der Waals surface area contributed by atoms with Gasteiger partial charge in [-0.2, -0.15) is 38.1 Å². The van der Waals surface area contributed by atoms with Crippen molar-refractivity contribution in [3.63, 3.8) is 0 Å². The monoisotopic (exact) mass is 538 g/mol. The summed E-state index contributed by atoms with van der Waals surface area (Å²) in [4.78, 5) is 26.0. The van der Waals surface area contributed by atoms with Crippen LogP contribution in [-0.4, -0.2) is 41.7 Å². The van der Waals surface area contributed by atoms with E-state index in [-0.39, 0.29) is 22.4 Å². The summed E-state index contributed by atoms with van der Waals surface area (Å²) in [6, 6.07) is 5.95. The van der Waals surface area contributed by atoms with Crippen molar-refractivity contribution >= 4 is 29.3 Å². The number of carbonyl (C=O) groups is 2. The highest BCUT2D eigenvalue weighted by molar-refractivity contribution is 7.98. The Morgan fingerprint density at radius 2 is 1.44 bits per heavy atom. The highest BCUT2D eigenvalue weighted by atomic mass is 32.2. The smallest absolute Gasteiger partial charge is 0.346 e. The summed E-state index contributed by atoms with van der Waals surface area (Å²) < 4.78 is 92.8. The van der Waals surface area contributed by atoms with Gasteiger partial charge in [-0.25, -0.2) is 4.39 Å². The molecule has 198 valence electrons. The number of amides is 2. The van der Waals surface area contributed by atoms with Crippen molar-refractivity contribution in [3.05, 3.63) is 64.2 Å². The highest BCUT2D eigenvalue weighted by Crippen LogP contribution is 2.53. The second kappa shape index (κ2) is 10.3. The molecule has 2 aromatic rings. The summed E-state index contributed by atoms with van der Waals surface area (Å²) in [5.41, 5.74) is -7.75. The Labute approximate surface area is 208 Å². The second-order valence-corrected chi connectivity index (χ2v) is 9.77. The maximum Gasteiger partial charge on any atom is 0.435 e. The van der Waals surface area contributed by atoms with E-state index in [2.05, 4.69) is 10.6 Å². The number of aryl methyl sites for hydroxylation is 2. The third kappa shape index (κ3) is 5.96. The molecular weight excluding hydrogens is 513 g/mol. The molecule has 0 saturated heterocycles. The van der Waals surface area contributed by atoms with Crippen molar-refractivity contribution in [2.24, 2.45) is 0 Å². The zero-order valence-corrected chi connectivity index (χ0v) is 20.9. The Morgan fingerprint density at radius 3 is 1.94 bits per heavy atom. The standard InChI is InChI=1S/C24H25F7N2O2S/c1-13-7-6-8-16(18(13)20(35)33-21(3,4)12-36-5)19(34)32-17-10-9-15(11-14(17)2)22(25,23(26,27)28)24(29,30)31/h6-11H,12H2,1-5H3,(H,32,34)(H,33,35). The Morgan fingerprint density at radius 1 is 0.861 bits per heavy atom. The fourth-order valence-corrected chi connectivity index (χ4v) is 4.41. The zero-order chi connectivity index (χ0) is 27.7. The van der Waals surface area contributed by atoms with Crippen molar-refractivity contribution in [2.75, 3.05) is 17.3 Å². The first-order valence-electron chi connectivity index (χ1n) is 10.5. The first-order valence-corrected chi connectivity index (χ1v) is 11.9. The fourth-order valence-electron chi connectivity index (χ4n) is 3.62. The summed E-state index contributed by atoms with van der Waals surface area (Å²) in [7, 11) is 0. The number of rotatable bonds is 7. The maximum atomic E-state index is 14.4. The topological polar surface area (TPSA) is 58.2 Å². The molecule has 2 amide bonds. The average molecular weight is 539 g/mol. The number of hydrogen-bond donors (Lipinski definition) is 2. The van der Waals surface area contributed by atoms with E-state index < -0.39 is 40.9 Å². The third-order valence-corrected chi connectivity index (χ3v) is 6.37. The molecule has 0 spiro atoms. The molecule has 2 aromatic carbocycles. The van der Waals surface area contributed by atoms with E-state index in [9.17, 15) is 40.3 Å². The number of alkyl halides is 7. The summed E-state index contributed by atoms with van der Waals surface area (Å²) >= 11 is 1.51. The molecule has 0 heterocycles. The van der Waals surface area contributed by atoms with Crippen LogP contribution in [0.15, 0.2) is 36.4 Å². The lowest BCUT2D eigenvalue weighted by atomic mass is 9.92. The molecule has 36 heavy (non-hydrogen) atoms. The normalized spacial score (nSPS) is 12.9. The molecular formula is C24H25F7N2O2S. The van der Waals surface area contributed by atoms with E-state index >= 15 is 0 Å². The molecule has 2 N–H and O–H groups in total. The lowest BCUT2D eigenvalue weighted by Gasteiger charge is -2.30. The van der Waals surface area contributed by atoms with Crippen molar-refractivity contribution in [2.45, 2.75) is 51.3 Å². The maximum absolute atomic E-state index is 14.4. The number of hydrogen-bond acceptors (Lipinski definition) is 3. The van der Waals surface area contributed by atoms with E-state index in [1.165, 1.54) is 23.9 Å². The first kappa shape index (κ1) is 29.5. The van der Waals surface area contributed by atoms with Crippen molar-refractivity contribution in [1.82, 2.24) is 5.32 Å². The number of anilines is 1. The molecule has 0 unspecified atom stereocenters. The van der Waals surface area contributed by atoms with Gasteiger partial charge in [0, 0.05) is 22.5 Å². The summed E-state index contributed by atoms with van der Waals surface area (Å²) in [6.07, 6.45) is -10.6. The number of benzene rings is 2. The number of nitrogens with one attached hydrogen (secondary N) is 2. The molecule has 0 aliphatic heterocycles. The predicted octanol–water partition coefficient (Wildman–Crippen LogP) is 6.72. The van der Waals surface area contributed by atoms with E-state index in [0.717, 1.165) is 13.0 Å². The van der Waals surface area contributed by atoms with Crippen LogP contribution in [0.3, 0.4) is 0 Å². The zero-order valence-electron chi connectivity index (χ0n) is 20.0. The largest absolute Gasteiger partial charge is 0.435 e. The van der Waals surface area contributed by atoms with E-state index in [0.29, 0.717) is 23.4 Å². The van der Waals surface area contributed by atoms with Crippen LogP contribution in [0, 0.1) is 13.8 Å². The van der Waals surface area contributed by atoms with Crippen LogP contribution in [-0.2, 0) is 5.67 Å². The quantitative estimate of drug-likeness (QED) is 0.385. The van der Waals surface area contributed by atoms with Gasteiger partial charge in [0.2, 0.25) is 0 Å². The molecule has 0 aliphatic carbocycles. The summed E-state index contributed by atoms with van der Waals surface area (Å²) in [5.74, 6) is -0.758. The van der Waals surface area contributed by atoms with E-state index in [4.69, 9.17) is 0 Å². The van der Waals surface area contributed by atoms with Gasteiger partial charge < -0.3 is 10.6 Å². The number of halogens is 7. The lowest BCUT2D eigenvalue weighted by molar-refractivity contribution is -0.348. The highest BCUT2D eigenvalue weighted by Gasteiger charge is 2.73. The van der Waals surface area contributed by atoms with Gasteiger partial charge in [0.25, 0.3) is 11.8 Å². The molecule has 0 radical (unpaired) electrons. The van der Waals surface area contributed by atoms with Gasteiger partial charge in [0.1, 0.15) is 0 Å². The SMILES string of the molecule is CSCC(C)(C)NC(=O)c1c(C)cccc1C(=O)Nc1ccc(C(F)(C(F)(F)F)C(F)(F)F)cc1C. The Balaban J connectivity index is 2.43. The Kier molecular flexibility index (Phi) is 8.44. The molecule has 0 atom stereocenters. The minimum Gasteiger partial charge on any atom is -0.346 e. The fraction of sp³-hybridized carbons (Fsp3) is 0.417. The average Bonchev–Trinajstić information content (AvgIpc) is 2.72. The van der Waals surface area contributed by atoms with Crippen molar-refractivity contribution in [3.8, 4) is 0 Å². The van der Waals surface area contributed by atoms with Gasteiger partial charge in [0.05, 0.1) is 11.1 Å². The third-order valence-electron chi connectivity index (χ3n) is 5.36. The van der Waals surface area contributed by atoms with Gasteiger partial charge in [-0.15, -0.1) is 0 Å². The van der Waals surface area contributed by atoms with Gasteiger partial charge >= 0.3 is 18.0 Å². The van der Waals surface area contributed by atoms with Crippen LogP contribution in [0.4, 0.5) is 36.4 Å². The molecule has 12 heteroatoms. The first-order chi connectivity index (χ1) is 16.4. The van der Waals surface area contributed by atoms with Crippen LogP contribution in [0.2, 0.25) is 0 Å². The molecule has 0 aliphatic rings. The summed E-state index contributed by atoms with van der Waals surface area (Å²) in [6.45, 7) is 6.34. The minimum atomic E-state index is -6.25. The van der Waals surface area contributed by atoms with E-state index in [1.807, 2.05) is 6.26 Å². The molecule has 0 aromatic heterocycles. The van der Waals surface area contributed by atoms with Crippen LogP contribution in [0.1, 0.15) is 51.3 Å². The van der Waals surface area contributed by atoms with Gasteiger partial charge in [-0.3, -0.25) is 9.59 Å². The van der Waals surface area contributed by atoms with Crippen molar-refractivity contribution < 1.29 is 40.3 Å². The molecule has 0 saturated carbocycles. The van der Waals surface area contributed by atoms with Crippen LogP contribution in [0.25, 0.3) is 0 Å². The Bertz CT molecular complexity index is 1130. The van der Waals surface area contributed by atoms with Gasteiger partial charge in [-0.1, -0.05) is 24.3 Å². The van der Waals surface area contributed by atoms with Crippen LogP contribution < -0.4 is 10.6 Å². The molecule has 0 bridgehead atoms. The summed E-state index contributed by atoms with van der Waals surface area (Å²) in [5, 5.41) is 5.23. The van der Waals surface area contributed by atoms with Crippen LogP contribution in [0.5, 0.6) is 0 Å². The van der Waals surface area contributed by atoms with Crippen LogP contribution >= 0.6 is 11.8 Å². The number of thioether (sulfide) groups is 1. The minimum absolute atomic E-state index is 0.0543. The molecule has 2 rings (SSSR count). The lowest BCUT2D eigenvalue weighted by Crippen LogP contribution is -2.50. The molecule has 0 fully saturated rings. The Hall–Kier alpha value is -2.76.